The zero-order chi connectivity index (χ0) is 13.1. The van der Waals surface area contributed by atoms with E-state index in [-0.39, 0.29) is 10.9 Å². The van der Waals surface area contributed by atoms with Crippen LogP contribution >= 0.6 is 12.2 Å². The summed E-state index contributed by atoms with van der Waals surface area (Å²) in [5.41, 5.74) is 5.84. The largest absolute Gasteiger partial charge is 0.472 e. The first-order chi connectivity index (χ1) is 7.91. The van der Waals surface area contributed by atoms with Gasteiger partial charge in [-0.2, -0.15) is 0 Å². The number of nitrogens with zero attached hydrogens (tertiary/aromatic N) is 1. The van der Waals surface area contributed by atoms with Crippen molar-refractivity contribution in [2.75, 3.05) is 7.05 Å². The Morgan fingerprint density at radius 2 is 2.29 bits per heavy atom. The molecule has 0 aromatic carbocycles. The summed E-state index contributed by atoms with van der Waals surface area (Å²) < 4.78 is 4.97. The summed E-state index contributed by atoms with van der Waals surface area (Å²) in [6, 6.07) is 1.83. The first kappa shape index (κ1) is 13.7. The fourth-order valence-electron chi connectivity index (χ4n) is 1.58. The lowest BCUT2D eigenvalue weighted by molar-refractivity contribution is -0.136. The summed E-state index contributed by atoms with van der Waals surface area (Å²) in [6.45, 7) is 4.18. The number of carbonyl (C=O) groups excluding carboxylic acids is 1. The van der Waals surface area contributed by atoms with Gasteiger partial charge in [-0.15, -0.1) is 0 Å². The van der Waals surface area contributed by atoms with Crippen LogP contribution in [0.5, 0.6) is 0 Å². The van der Waals surface area contributed by atoms with Crippen LogP contribution in [-0.4, -0.2) is 22.8 Å². The molecule has 0 bridgehead atoms. The number of rotatable bonds is 5. The highest BCUT2D eigenvalue weighted by Crippen LogP contribution is 2.25. The van der Waals surface area contributed by atoms with Gasteiger partial charge in [0.15, 0.2) is 0 Å². The molecule has 0 fully saturated rings. The third kappa shape index (κ3) is 2.85. The van der Waals surface area contributed by atoms with Crippen LogP contribution in [0.2, 0.25) is 0 Å². The van der Waals surface area contributed by atoms with Crippen LogP contribution in [0.1, 0.15) is 25.8 Å². The van der Waals surface area contributed by atoms with Gasteiger partial charge in [-0.1, -0.05) is 19.1 Å². The first-order valence-electron chi connectivity index (χ1n) is 5.48. The molecule has 1 unspecified atom stereocenters. The van der Waals surface area contributed by atoms with Crippen LogP contribution in [0.15, 0.2) is 23.0 Å². The second kappa shape index (κ2) is 5.31. The molecule has 0 saturated carbocycles. The molecule has 4 nitrogen and oxygen atoms in total. The van der Waals surface area contributed by atoms with Crippen molar-refractivity contribution in [3.05, 3.63) is 24.2 Å². The SMILES string of the molecule is CCC(C)(C(=O)N(C)Cc1ccoc1)C(N)=S. The molecule has 1 aromatic rings. The molecular formula is C12H18N2O2S. The molecular weight excluding hydrogens is 236 g/mol. The molecule has 1 rings (SSSR count). The van der Waals surface area contributed by atoms with E-state index in [1.165, 1.54) is 0 Å². The zero-order valence-corrected chi connectivity index (χ0v) is 11.2. The van der Waals surface area contributed by atoms with Gasteiger partial charge < -0.3 is 15.1 Å². The van der Waals surface area contributed by atoms with E-state index in [9.17, 15) is 4.79 Å². The van der Waals surface area contributed by atoms with E-state index >= 15 is 0 Å². The van der Waals surface area contributed by atoms with Crippen molar-refractivity contribution in [2.45, 2.75) is 26.8 Å². The molecule has 5 heteroatoms. The number of hydrogen-bond acceptors (Lipinski definition) is 3. The van der Waals surface area contributed by atoms with Gasteiger partial charge in [0.2, 0.25) is 5.91 Å². The summed E-state index contributed by atoms with van der Waals surface area (Å²) >= 11 is 4.98. The monoisotopic (exact) mass is 254 g/mol. The highest BCUT2D eigenvalue weighted by molar-refractivity contribution is 7.80. The highest BCUT2D eigenvalue weighted by Gasteiger charge is 2.36. The Balaban J connectivity index is 2.78. The lowest BCUT2D eigenvalue weighted by atomic mass is 9.86. The van der Waals surface area contributed by atoms with Gasteiger partial charge in [-0.3, -0.25) is 4.79 Å². The molecule has 0 radical (unpaired) electrons. The summed E-state index contributed by atoms with van der Waals surface area (Å²) in [7, 11) is 1.74. The van der Waals surface area contributed by atoms with Crippen molar-refractivity contribution >= 4 is 23.1 Å². The average Bonchev–Trinajstić information content (AvgIpc) is 2.79. The molecule has 0 aliphatic rings. The summed E-state index contributed by atoms with van der Waals surface area (Å²) in [6.07, 6.45) is 3.80. The fourth-order valence-corrected chi connectivity index (χ4v) is 1.81. The van der Waals surface area contributed by atoms with Crippen molar-refractivity contribution in [3.63, 3.8) is 0 Å². The van der Waals surface area contributed by atoms with E-state index in [1.807, 2.05) is 13.0 Å². The second-order valence-corrected chi connectivity index (χ2v) is 4.78. The molecule has 0 spiro atoms. The Morgan fingerprint density at radius 3 is 2.71 bits per heavy atom. The Bertz CT molecular complexity index is 403. The van der Waals surface area contributed by atoms with Gasteiger partial charge in [0.05, 0.1) is 22.9 Å². The normalized spacial score (nSPS) is 14.1. The second-order valence-electron chi connectivity index (χ2n) is 4.34. The quantitative estimate of drug-likeness (QED) is 0.816. The van der Waals surface area contributed by atoms with Crippen LogP contribution in [0.4, 0.5) is 0 Å². The minimum atomic E-state index is -0.770. The molecule has 2 N–H and O–H groups in total. The van der Waals surface area contributed by atoms with E-state index in [1.54, 1.807) is 31.4 Å². The number of hydrogen-bond donors (Lipinski definition) is 1. The molecule has 1 aromatic heterocycles. The average molecular weight is 254 g/mol. The van der Waals surface area contributed by atoms with E-state index < -0.39 is 5.41 Å². The van der Waals surface area contributed by atoms with Crippen LogP contribution in [0.3, 0.4) is 0 Å². The minimum absolute atomic E-state index is 0.0614. The smallest absolute Gasteiger partial charge is 0.235 e. The molecule has 1 heterocycles. The maximum atomic E-state index is 12.3. The lowest BCUT2D eigenvalue weighted by Crippen LogP contribution is -2.46. The Hall–Kier alpha value is -1.36. The standard InChI is InChI=1S/C12H18N2O2S/c1-4-12(2,10(13)17)11(15)14(3)7-9-5-6-16-8-9/h5-6,8H,4,7H2,1-3H3,(H2,13,17). The molecule has 1 atom stereocenters. The maximum absolute atomic E-state index is 12.3. The molecule has 94 valence electrons. The van der Waals surface area contributed by atoms with Crippen molar-refractivity contribution in [3.8, 4) is 0 Å². The Kier molecular flexibility index (Phi) is 4.28. The third-order valence-electron chi connectivity index (χ3n) is 3.07. The van der Waals surface area contributed by atoms with E-state index in [4.69, 9.17) is 22.4 Å². The predicted molar refractivity (Wildman–Crippen MR) is 70.4 cm³/mol. The predicted octanol–water partition coefficient (Wildman–Crippen LogP) is 1.94. The lowest BCUT2D eigenvalue weighted by Gasteiger charge is -2.30. The third-order valence-corrected chi connectivity index (χ3v) is 3.52. The van der Waals surface area contributed by atoms with Gasteiger partial charge in [-0.05, 0) is 19.4 Å². The number of furan rings is 1. The van der Waals surface area contributed by atoms with Crippen LogP contribution < -0.4 is 5.73 Å². The van der Waals surface area contributed by atoms with Gasteiger partial charge in [0.25, 0.3) is 0 Å². The molecule has 0 saturated heterocycles. The Morgan fingerprint density at radius 1 is 1.65 bits per heavy atom. The first-order valence-corrected chi connectivity index (χ1v) is 5.89. The van der Waals surface area contributed by atoms with Crippen molar-refractivity contribution in [2.24, 2.45) is 11.1 Å². The zero-order valence-electron chi connectivity index (χ0n) is 10.4. The number of amides is 1. The van der Waals surface area contributed by atoms with E-state index in [2.05, 4.69) is 0 Å². The topological polar surface area (TPSA) is 59.5 Å². The Labute approximate surface area is 107 Å². The van der Waals surface area contributed by atoms with Crippen LogP contribution in [0, 0.1) is 5.41 Å². The fraction of sp³-hybridized carbons (Fsp3) is 0.500. The number of thiocarbonyl (C=S) groups is 1. The van der Waals surface area contributed by atoms with Gasteiger partial charge in [0.1, 0.15) is 0 Å². The molecule has 0 aliphatic heterocycles. The summed E-state index contributed by atoms with van der Waals surface area (Å²) in [5.74, 6) is -0.0614. The summed E-state index contributed by atoms with van der Waals surface area (Å²) in [4.78, 5) is 14.1. The molecule has 17 heavy (non-hydrogen) atoms. The number of nitrogens with two attached hydrogens (primary N) is 1. The molecule has 1 amide bonds. The minimum Gasteiger partial charge on any atom is -0.472 e. The van der Waals surface area contributed by atoms with Crippen LogP contribution in [0.25, 0.3) is 0 Å². The van der Waals surface area contributed by atoms with Gasteiger partial charge >= 0.3 is 0 Å². The van der Waals surface area contributed by atoms with E-state index in [0.717, 1.165) is 5.56 Å². The van der Waals surface area contributed by atoms with Crippen molar-refractivity contribution in [1.29, 1.82) is 0 Å². The van der Waals surface area contributed by atoms with E-state index in [0.29, 0.717) is 13.0 Å². The maximum Gasteiger partial charge on any atom is 0.235 e. The summed E-state index contributed by atoms with van der Waals surface area (Å²) in [5, 5.41) is 0. The van der Waals surface area contributed by atoms with Gasteiger partial charge in [-0.25, -0.2) is 0 Å². The van der Waals surface area contributed by atoms with Crippen molar-refractivity contribution in [1.82, 2.24) is 4.90 Å². The van der Waals surface area contributed by atoms with Crippen LogP contribution in [-0.2, 0) is 11.3 Å². The highest BCUT2D eigenvalue weighted by atomic mass is 32.1. The number of carbonyl (C=O) groups is 1. The van der Waals surface area contributed by atoms with Gasteiger partial charge in [0, 0.05) is 19.2 Å². The molecule has 0 aliphatic carbocycles. The van der Waals surface area contributed by atoms with Crippen molar-refractivity contribution < 1.29 is 9.21 Å².